The van der Waals surface area contributed by atoms with Gasteiger partial charge in [-0.2, -0.15) is 0 Å². The van der Waals surface area contributed by atoms with E-state index in [1.54, 1.807) is 19.2 Å². The van der Waals surface area contributed by atoms with Crippen molar-refractivity contribution in [2.75, 3.05) is 13.6 Å². The third-order valence-corrected chi connectivity index (χ3v) is 4.54. The molecule has 106 valence electrons. The molecule has 0 aliphatic carbocycles. The molecule has 0 fully saturated rings. The highest BCUT2D eigenvalue weighted by molar-refractivity contribution is 7.10. The van der Waals surface area contributed by atoms with Gasteiger partial charge in [0.2, 0.25) is 0 Å². The van der Waals surface area contributed by atoms with Gasteiger partial charge < -0.3 is 10.0 Å². The van der Waals surface area contributed by atoms with Gasteiger partial charge in [0, 0.05) is 17.5 Å². The number of rotatable bonds is 4. The van der Waals surface area contributed by atoms with Gasteiger partial charge in [0.05, 0.1) is 16.6 Å². The van der Waals surface area contributed by atoms with Gasteiger partial charge in [-0.05, 0) is 29.6 Å². The lowest BCUT2D eigenvalue weighted by atomic mass is 10.2. The van der Waals surface area contributed by atoms with Gasteiger partial charge >= 0.3 is 0 Å². The fraction of sp³-hybridized carbons (Fsp3) is 0.214. The number of carbonyl (C=O) groups is 1. The summed E-state index contributed by atoms with van der Waals surface area (Å²) in [6.07, 6.45) is -0.688. The molecule has 0 bridgehead atoms. The highest BCUT2D eigenvalue weighted by atomic mass is 35.5. The molecule has 2 rings (SSSR count). The Bertz CT molecular complexity index is 601. The highest BCUT2D eigenvalue weighted by Gasteiger charge is 2.17. The fourth-order valence-electron chi connectivity index (χ4n) is 1.76. The molecule has 20 heavy (non-hydrogen) atoms. The van der Waals surface area contributed by atoms with Crippen LogP contribution >= 0.6 is 34.5 Å². The van der Waals surface area contributed by atoms with Crippen molar-refractivity contribution in [2.24, 2.45) is 0 Å². The molecule has 1 aromatic heterocycles. The summed E-state index contributed by atoms with van der Waals surface area (Å²) in [6.45, 7) is 0.222. The van der Waals surface area contributed by atoms with Crippen LogP contribution in [0, 0.1) is 0 Å². The van der Waals surface area contributed by atoms with E-state index in [0.29, 0.717) is 15.6 Å². The SMILES string of the molecule is CN(CC(O)c1cccs1)C(=O)c1ccc(Cl)c(Cl)c1. The lowest BCUT2D eigenvalue weighted by Crippen LogP contribution is -2.30. The summed E-state index contributed by atoms with van der Waals surface area (Å²) in [5.74, 6) is -0.209. The average Bonchev–Trinajstić information content (AvgIpc) is 2.95. The van der Waals surface area contributed by atoms with Crippen LogP contribution in [0.4, 0.5) is 0 Å². The minimum absolute atomic E-state index is 0.209. The highest BCUT2D eigenvalue weighted by Crippen LogP contribution is 2.24. The van der Waals surface area contributed by atoms with Crippen molar-refractivity contribution in [3.63, 3.8) is 0 Å². The van der Waals surface area contributed by atoms with Crippen molar-refractivity contribution in [3.05, 3.63) is 56.2 Å². The summed E-state index contributed by atoms with van der Waals surface area (Å²) in [6, 6.07) is 8.43. The topological polar surface area (TPSA) is 40.5 Å². The Morgan fingerprint density at radius 3 is 2.70 bits per heavy atom. The molecule has 0 spiro atoms. The molecule has 0 aliphatic rings. The predicted octanol–water partition coefficient (Wildman–Crippen LogP) is 3.86. The first-order valence-corrected chi connectivity index (χ1v) is 7.54. The van der Waals surface area contributed by atoms with Gasteiger partial charge in [-0.15, -0.1) is 11.3 Å². The van der Waals surface area contributed by atoms with E-state index in [4.69, 9.17) is 23.2 Å². The average molecular weight is 330 g/mol. The molecule has 1 heterocycles. The molecule has 1 atom stereocenters. The van der Waals surface area contributed by atoms with E-state index in [1.807, 2.05) is 17.5 Å². The zero-order valence-electron chi connectivity index (χ0n) is 10.7. The lowest BCUT2D eigenvalue weighted by molar-refractivity contribution is 0.0685. The third kappa shape index (κ3) is 3.52. The first kappa shape index (κ1) is 15.3. The van der Waals surface area contributed by atoms with Crippen LogP contribution in [0.25, 0.3) is 0 Å². The molecule has 6 heteroatoms. The van der Waals surface area contributed by atoms with E-state index < -0.39 is 6.10 Å². The number of amides is 1. The van der Waals surface area contributed by atoms with Gasteiger partial charge in [-0.25, -0.2) is 0 Å². The van der Waals surface area contributed by atoms with Crippen LogP contribution in [0.2, 0.25) is 10.0 Å². The number of benzene rings is 1. The van der Waals surface area contributed by atoms with E-state index in [2.05, 4.69) is 0 Å². The zero-order valence-corrected chi connectivity index (χ0v) is 13.0. The van der Waals surface area contributed by atoms with E-state index in [-0.39, 0.29) is 12.5 Å². The zero-order chi connectivity index (χ0) is 14.7. The van der Waals surface area contributed by atoms with Crippen molar-refractivity contribution in [1.82, 2.24) is 4.90 Å². The molecule has 2 aromatic rings. The number of aliphatic hydroxyl groups excluding tert-OH is 1. The number of hydrogen-bond acceptors (Lipinski definition) is 3. The largest absolute Gasteiger partial charge is 0.386 e. The number of carbonyl (C=O) groups excluding carboxylic acids is 1. The van der Waals surface area contributed by atoms with Crippen LogP contribution in [0.1, 0.15) is 21.3 Å². The number of aliphatic hydroxyl groups is 1. The van der Waals surface area contributed by atoms with Crippen LogP contribution in [-0.4, -0.2) is 29.5 Å². The second-order valence-electron chi connectivity index (χ2n) is 4.35. The molecule has 0 saturated heterocycles. The van der Waals surface area contributed by atoms with Gasteiger partial charge in [-0.3, -0.25) is 4.79 Å². The molecule has 0 saturated carbocycles. The molecule has 1 aromatic carbocycles. The van der Waals surface area contributed by atoms with E-state index in [9.17, 15) is 9.90 Å². The van der Waals surface area contributed by atoms with Crippen LogP contribution < -0.4 is 0 Å². The Morgan fingerprint density at radius 2 is 2.10 bits per heavy atom. The predicted molar refractivity (Wildman–Crippen MR) is 82.7 cm³/mol. The maximum atomic E-state index is 12.2. The summed E-state index contributed by atoms with van der Waals surface area (Å²) in [5.41, 5.74) is 0.445. The number of halogens is 2. The molecule has 1 amide bonds. The van der Waals surface area contributed by atoms with E-state index in [0.717, 1.165) is 4.88 Å². The van der Waals surface area contributed by atoms with Crippen molar-refractivity contribution in [2.45, 2.75) is 6.10 Å². The van der Waals surface area contributed by atoms with Gasteiger partial charge in [0.1, 0.15) is 6.10 Å². The molecule has 1 unspecified atom stereocenters. The maximum Gasteiger partial charge on any atom is 0.253 e. The van der Waals surface area contributed by atoms with Gasteiger partial charge in [-0.1, -0.05) is 29.3 Å². The monoisotopic (exact) mass is 329 g/mol. The maximum absolute atomic E-state index is 12.2. The van der Waals surface area contributed by atoms with Gasteiger partial charge in [0.25, 0.3) is 5.91 Å². The summed E-state index contributed by atoms with van der Waals surface area (Å²) in [7, 11) is 1.64. The number of hydrogen-bond donors (Lipinski definition) is 1. The fourth-order valence-corrected chi connectivity index (χ4v) is 2.76. The lowest BCUT2D eigenvalue weighted by Gasteiger charge is -2.20. The van der Waals surface area contributed by atoms with Crippen LogP contribution in [0.15, 0.2) is 35.7 Å². The van der Waals surface area contributed by atoms with Crippen LogP contribution in [-0.2, 0) is 0 Å². The Balaban J connectivity index is 2.06. The van der Waals surface area contributed by atoms with Crippen LogP contribution in [0.5, 0.6) is 0 Å². The van der Waals surface area contributed by atoms with Crippen molar-refractivity contribution >= 4 is 40.4 Å². The second kappa shape index (κ2) is 6.59. The number of thiophene rings is 1. The van der Waals surface area contributed by atoms with Crippen molar-refractivity contribution in [3.8, 4) is 0 Å². The Labute approximate surface area is 131 Å². The first-order valence-electron chi connectivity index (χ1n) is 5.91. The quantitative estimate of drug-likeness (QED) is 0.925. The Hall–Kier alpha value is -1.07. The van der Waals surface area contributed by atoms with E-state index >= 15 is 0 Å². The summed E-state index contributed by atoms with van der Waals surface area (Å²) in [5, 5.41) is 12.7. The summed E-state index contributed by atoms with van der Waals surface area (Å²) >= 11 is 13.2. The standard InChI is InChI=1S/C14H13Cl2NO2S/c1-17(8-12(18)13-3-2-6-20-13)14(19)9-4-5-10(15)11(16)7-9/h2-7,12,18H,8H2,1H3. The molecule has 3 nitrogen and oxygen atoms in total. The number of nitrogens with zero attached hydrogens (tertiary/aromatic N) is 1. The Kier molecular flexibility index (Phi) is 5.05. The van der Waals surface area contributed by atoms with Gasteiger partial charge in [0.15, 0.2) is 0 Å². The molecule has 1 N–H and O–H groups in total. The van der Waals surface area contributed by atoms with Crippen molar-refractivity contribution < 1.29 is 9.90 Å². The minimum atomic E-state index is -0.688. The normalized spacial score (nSPS) is 12.2. The second-order valence-corrected chi connectivity index (χ2v) is 6.14. The number of likely N-dealkylation sites (N-methyl/N-ethyl adjacent to an activating group) is 1. The molecular weight excluding hydrogens is 317 g/mol. The first-order chi connectivity index (χ1) is 9.49. The Morgan fingerprint density at radius 1 is 1.35 bits per heavy atom. The smallest absolute Gasteiger partial charge is 0.253 e. The summed E-state index contributed by atoms with van der Waals surface area (Å²) < 4.78 is 0. The van der Waals surface area contributed by atoms with E-state index in [1.165, 1.54) is 22.3 Å². The minimum Gasteiger partial charge on any atom is -0.386 e. The molecular formula is C14H13Cl2NO2S. The van der Waals surface area contributed by atoms with Crippen LogP contribution in [0.3, 0.4) is 0 Å². The molecule has 0 aliphatic heterocycles. The molecule has 0 radical (unpaired) electrons. The summed E-state index contributed by atoms with van der Waals surface area (Å²) in [4.78, 5) is 14.5. The van der Waals surface area contributed by atoms with Crippen molar-refractivity contribution in [1.29, 1.82) is 0 Å². The third-order valence-electron chi connectivity index (χ3n) is 2.83.